The van der Waals surface area contributed by atoms with E-state index in [4.69, 9.17) is 9.47 Å². The number of phenols is 2. The SMILES string of the molecule is CC1=C(c2ccc(C#N)c(O)c2)C(c2ccc(OCC(C)N3CCC(C)C3)cc2)Oc2ccc(O)c(F)c21. The van der Waals surface area contributed by atoms with Crippen molar-refractivity contribution in [2.45, 2.75) is 39.3 Å². The third-order valence-electron chi connectivity index (χ3n) is 7.55. The molecule has 5 rings (SSSR count). The number of aromatic hydroxyl groups is 2. The second-order valence-corrected chi connectivity index (χ2v) is 10.3. The van der Waals surface area contributed by atoms with Crippen LogP contribution >= 0.6 is 0 Å². The summed E-state index contributed by atoms with van der Waals surface area (Å²) in [4.78, 5) is 2.45. The first-order valence-corrected chi connectivity index (χ1v) is 12.9. The Morgan fingerprint density at radius 3 is 2.55 bits per heavy atom. The molecule has 0 bridgehead atoms. The molecule has 2 N–H and O–H groups in total. The largest absolute Gasteiger partial charge is 0.507 e. The average molecular weight is 515 g/mol. The fourth-order valence-corrected chi connectivity index (χ4v) is 5.34. The van der Waals surface area contributed by atoms with Crippen LogP contribution in [0.5, 0.6) is 23.0 Å². The molecule has 3 aromatic carbocycles. The van der Waals surface area contributed by atoms with Crippen molar-refractivity contribution >= 4 is 11.1 Å². The molecule has 0 radical (unpaired) electrons. The van der Waals surface area contributed by atoms with Gasteiger partial charge in [0.2, 0.25) is 0 Å². The van der Waals surface area contributed by atoms with Gasteiger partial charge in [-0.3, -0.25) is 4.90 Å². The van der Waals surface area contributed by atoms with Crippen LogP contribution in [0, 0.1) is 23.1 Å². The molecule has 0 aliphatic carbocycles. The molecule has 2 aliphatic heterocycles. The molecule has 3 unspecified atom stereocenters. The maximum Gasteiger partial charge on any atom is 0.176 e. The molecule has 2 aliphatic rings. The standard InChI is InChI=1S/C31H31FN2O4/c1-18-12-13-34(16-18)19(2)17-37-24-8-6-21(7-9-24)31-28(22-4-5-23(15-33)26(36)14-22)20(3)29-27(38-31)11-10-25(35)30(29)32/h4-11,14,18-19,31,35-36H,12-13,16-17H2,1-3H3. The zero-order valence-electron chi connectivity index (χ0n) is 21.7. The Bertz CT molecular complexity index is 1430. The van der Waals surface area contributed by atoms with Gasteiger partial charge in [0.1, 0.15) is 36.0 Å². The monoisotopic (exact) mass is 514 g/mol. The highest BCUT2D eigenvalue weighted by molar-refractivity contribution is 5.96. The van der Waals surface area contributed by atoms with E-state index in [2.05, 4.69) is 18.7 Å². The summed E-state index contributed by atoms with van der Waals surface area (Å²) in [6.45, 7) is 9.02. The predicted molar refractivity (Wildman–Crippen MR) is 143 cm³/mol. The maximum absolute atomic E-state index is 15.0. The number of phenolic OH excluding ortho intramolecular Hbond substituents is 2. The molecule has 6 nitrogen and oxygen atoms in total. The van der Waals surface area contributed by atoms with Crippen molar-refractivity contribution in [1.82, 2.24) is 4.90 Å². The first kappa shape index (κ1) is 25.6. The fourth-order valence-electron chi connectivity index (χ4n) is 5.34. The van der Waals surface area contributed by atoms with E-state index in [0.717, 1.165) is 30.3 Å². The number of likely N-dealkylation sites (tertiary alicyclic amines) is 1. The molecule has 38 heavy (non-hydrogen) atoms. The van der Waals surface area contributed by atoms with E-state index in [9.17, 15) is 15.5 Å². The minimum atomic E-state index is -0.765. The van der Waals surface area contributed by atoms with Crippen LogP contribution < -0.4 is 9.47 Å². The lowest BCUT2D eigenvalue weighted by atomic mass is 9.85. The predicted octanol–water partition coefficient (Wildman–Crippen LogP) is 6.28. The van der Waals surface area contributed by atoms with Crippen molar-refractivity contribution in [3.8, 4) is 29.1 Å². The summed E-state index contributed by atoms with van der Waals surface area (Å²) in [6, 6.07) is 17.4. The molecular weight excluding hydrogens is 483 g/mol. The topological polar surface area (TPSA) is 86.0 Å². The van der Waals surface area contributed by atoms with Gasteiger partial charge in [-0.15, -0.1) is 0 Å². The number of fused-ring (bicyclic) bond motifs is 1. The van der Waals surface area contributed by atoms with Gasteiger partial charge in [-0.05, 0) is 85.8 Å². The zero-order chi connectivity index (χ0) is 27.0. The summed E-state index contributed by atoms with van der Waals surface area (Å²) in [5.74, 6) is 0.386. The van der Waals surface area contributed by atoms with Crippen LogP contribution in [0.1, 0.15) is 55.5 Å². The number of hydrogen-bond acceptors (Lipinski definition) is 6. The van der Waals surface area contributed by atoms with Gasteiger partial charge in [-0.25, -0.2) is 4.39 Å². The van der Waals surface area contributed by atoms with Crippen LogP contribution in [-0.2, 0) is 0 Å². The van der Waals surface area contributed by atoms with Gasteiger partial charge < -0.3 is 19.7 Å². The highest BCUT2D eigenvalue weighted by atomic mass is 19.1. The minimum Gasteiger partial charge on any atom is -0.507 e. The van der Waals surface area contributed by atoms with Gasteiger partial charge in [0.25, 0.3) is 0 Å². The molecular formula is C31H31FN2O4. The number of rotatable bonds is 6. The summed E-state index contributed by atoms with van der Waals surface area (Å²) in [5.41, 5.74) is 2.92. The molecule has 0 spiro atoms. The van der Waals surface area contributed by atoms with Gasteiger partial charge in [0, 0.05) is 18.2 Å². The van der Waals surface area contributed by atoms with Crippen LogP contribution in [0.15, 0.2) is 54.6 Å². The molecule has 1 fully saturated rings. The van der Waals surface area contributed by atoms with Crippen LogP contribution in [0.25, 0.3) is 11.1 Å². The van der Waals surface area contributed by atoms with E-state index in [-0.39, 0.29) is 16.9 Å². The van der Waals surface area contributed by atoms with Gasteiger partial charge in [-0.2, -0.15) is 5.26 Å². The normalized spacial score (nSPS) is 20.0. The number of hydrogen-bond donors (Lipinski definition) is 2. The summed E-state index contributed by atoms with van der Waals surface area (Å²) < 4.78 is 27.4. The molecule has 7 heteroatoms. The van der Waals surface area contributed by atoms with Gasteiger partial charge >= 0.3 is 0 Å². The molecule has 2 heterocycles. The number of benzene rings is 3. The molecule has 0 amide bonds. The van der Waals surface area contributed by atoms with E-state index in [1.807, 2.05) is 30.3 Å². The minimum absolute atomic E-state index is 0.142. The number of halogens is 1. The second-order valence-electron chi connectivity index (χ2n) is 10.3. The maximum atomic E-state index is 15.0. The quantitative estimate of drug-likeness (QED) is 0.403. The van der Waals surface area contributed by atoms with Crippen LogP contribution in [0.4, 0.5) is 4.39 Å². The van der Waals surface area contributed by atoms with Crippen molar-refractivity contribution in [2.75, 3.05) is 19.7 Å². The lowest BCUT2D eigenvalue weighted by molar-refractivity contribution is 0.169. The molecule has 196 valence electrons. The van der Waals surface area contributed by atoms with E-state index >= 15 is 4.39 Å². The van der Waals surface area contributed by atoms with Crippen molar-refractivity contribution < 1.29 is 24.1 Å². The first-order valence-electron chi connectivity index (χ1n) is 12.9. The Hall–Kier alpha value is -4.02. The number of allylic oxidation sites excluding steroid dienone is 1. The molecule has 1 saturated heterocycles. The highest BCUT2D eigenvalue weighted by Gasteiger charge is 2.32. The van der Waals surface area contributed by atoms with Crippen molar-refractivity contribution in [2.24, 2.45) is 5.92 Å². The summed E-state index contributed by atoms with van der Waals surface area (Å²) in [7, 11) is 0. The van der Waals surface area contributed by atoms with Crippen molar-refractivity contribution in [3.05, 3.63) is 82.7 Å². The summed E-state index contributed by atoms with van der Waals surface area (Å²) in [5, 5.41) is 29.6. The molecule has 0 saturated carbocycles. The number of ether oxygens (including phenoxy) is 2. The van der Waals surface area contributed by atoms with Crippen molar-refractivity contribution in [1.29, 1.82) is 5.26 Å². The summed E-state index contributed by atoms with van der Waals surface area (Å²) in [6.07, 6.45) is 0.608. The molecule has 3 aromatic rings. The Morgan fingerprint density at radius 1 is 1.13 bits per heavy atom. The van der Waals surface area contributed by atoms with Gasteiger partial charge in [-0.1, -0.05) is 25.1 Å². The number of nitriles is 1. The number of nitrogens with zero attached hydrogens (tertiary/aromatic N) is 2. The Labute approximate surface area is 222 Å². The Balaban J connectivity index is 1.46. The average Bonchev–Trinajstić information content (AvgIpc) is 3.35. The van der Waals surface area contributed by atoms with E-state index in [1.165, 1.54) is 24.6 Å². The van der Waals surface area contributed by atoms with E-state index < -0.39 is 17.7 Å². The van der Waals surface area contributed by atoms with Gasteiger partial charge in [0.05, 0.1) is 11.1 Å². The molecule has 0 aromatic heterocycles. The van der Waals surface area contributed by atoms with Crippen LogP contribution in [-0.4, -0.2) is 40.9 Å². The third-order valence-corrected chi connectivity index (χ3v) is 7.55. The van der Waals surface area contributed by atoms with E-state index in [0.29, 0.717) is 35.1 Å². The third kappa shape index (κ3) is 4.80. The Kier molecular flexibility index (Phi) is 7.00. The lowest BCUT2D eigenvalue weighted by Crippen LogP contribution is -2.35. The highest BCUT2D eigenvalue weighted by Crippen LogP contribution is 2.49. The summed E-state index contributed by atoms with van der Waals surface area (Å²) >= 11 is 0. The zero-order valence-corrected chi connectivity index (χ0v) is 21.7. The Morgan fingerprint density at radius 2 is 1.89 bits per heavy atom. The second kappa shape index (κ2) is 10.4. The first-order chi connectivity index (χ1) is 18.3. The van der Waals surface area contributed by atoms with Crippen LogP contribution in [0.2, 0.25) is 0 Å². The molecule has 3 atom stereocenters. The smallest absolute Gasteiger partial charge is 0.176 e. The fraction of sp³-hybridized carbons (Fsp3) is 0.323. The van der Waals surface area contributed by atoms with Crippen LogP contribution in [0.3, 0.4) is 0 Å². The van der Waals surface area contributed by atoms with E-state index in [1.54, 1.807) is 19.1 Å². The lowest BCUT2D eigenvalue weighted by Gasteiger charge is -2.31. The van der Waals surface area contributed by atoms with Crippen molar-refractivity contribution in [3.63, 3.8) is 0 Å². The van der Waals surface area contributed by atoms with Gasteiger partial charge in [0.15, 0.2) is 11.6 Å².